The number of benzene rings is 1. The molecule has 2 rings (SSSR count). The van der Waals surface area contributed by atoms with Crippen molar-refractivity contribution in [3.05, 3.63) is 36.2 Å². The molecular formula is C9H6F3N3S. The van der Waals surface area contributed by atoms with Crippen LogP contribution in [-0.2, 0) is 6.18 Å². The van der Waals surface area contributed by atoms with Crippen LogP contribution in [-0.4, -0.2) is 9.36 Å². The van der Waals surface area contributed by atoms with Crippen molar-refractivity contribution in [3.8, 4) is 0 Å². The fourth-order valence-electron chi connectivity index (χ4n) is 1.12. The number of halogens is 3. The van der Waals surface area contributed by atoms with E-state index in [4.69, 9.17) is 0 Å². The molecule has 16 heavy (non-hydrogen) atoms. The monoisotopic (exact) mass is 245 g/mol. The Morgan fingerprint density at radius 2 is 2.06 bits per heavy atom. The molecule has 1 heterocycles. The van der Waals surface area contributed by atoms with Gasteiger partial charge in [0.05, 0.1) is 5.56 Å². The molecule has 0 radical (unpaired) electrons. The standard InChI is InChI=1S/C9H6F3N3S/c10-9(11,12)6-2-1-3-7(4-6)15-8-13-5-14-16-8/h1-5H,(H,13,14,15). The van der Waals surface area contributed by atoms with E-state index < -0.39 is 11.7 Å². The third kappa shape index (κ3) is 2.48. The number of anilines is 2. The molecule has 0 unspecified atom stereocenters. The minimum Gasteiger partial charge on any atom is -0.330 e. The maximum atomic E-state index is 12.4. The lowest BCUT2D eigenvalue weighted by Gasteiger charge is -2.08. The van der Waals surface area contributed by atoms with Crippen molar-refractivity contribution in [2.24, 2.45) is 0 Å². The van der Waals surface area contributed by atoms with Gasteiger partial charge in [0, 0.05) is 17.2 Å². The Kier molecular flexibility index (Phi) is 2.78. The predicted octanol–water partition coefficient (Wildman–Crippen LogP) is 3.30. The minimum atomic E-state index is -4.33. The summed E-state index contributed by atoms with van der Waals surface area (Å²) in [6, 6.07) is 4.93. The molecular weight excluding hydrogens is 239 g/mol. The quantitative estimate of drug-likeness (QED) is 0.882. The molecule has 1 N–H and O–H groups in total. The number of hydrogen-bond acceptors (Lipinski definition) is 4. The van der Waals surface area contributed by atoms with Gasteiger partial charge in [-0.3, -0.25) is 0 Å². The van der Waals surface area contributed by atoms with Crippen LogP contribution in [0.15, 0.2) is 30.6 Å². The first-order chi connectivity index (χ1) is 7.55. The van der Waals surface area contributed by atoms with Crippen molar-refractivity contribution < 1.29 is 13.2 Å². The van der Waals surface area contributed by atoms with E-state index >= 15 is 0 Å². The van der Waals surface area contributed by atoms with E-state index in [1.807, 2.05) is 0 Å². The van der Waals surface area contributed by atoms with Crippen molar-refractivity contribution in [1.29, 1.82) is 0 Å². The van der Waals surface area contributed by atoms with Gasteiger partial charge in [-0.15, -0.1) is 0 Å². The van der Waals surface area contributed by atoms with Gasteiger partial charge in [-0.2, -0.15) is 17.5 Å². The Hall–Kier alpha value is -1.63. The van der Waals surface area contributed by atoms with Crippen LogP contribution >= 0.6 is 11.5 Å². The molecule has 0 saturated carbocycles. The maximum absolute atomic E-state index is 12.4. The fraction of sp³-hybridized carbons (Fsp3) is 0.111. The second kappa shape index (κ2) is 4.09. The highest BCUT2D eigenvalue weighted by atomic mass is 32.1. The molecule has 0 amide bonds. The average Bonchev–Trinajstić information content (AvgIpc) is 2.70. The van der Waals surface area contributed by atoms with Crippen LogP contribution in [0, 0.1) is 0 Å². The van der Waals surface area contributed by atoms with E-state index in [-0.39, 0.29) is 0 Å². The van der Waals surface area contributed by atoms with Crippen LogP contribution < -0.4 is 5.32 Å². The summed E-state index contributed by atoms with van der Waals surface area (Å²) in [7, 11) is 0. The van der Waals surface area contributed by atoms with Gasteiger partial charge < -0.3 is 5.32 Å². The third-order valence-corrected chi connectivity index (χ3v) is 2.38. The smallest absolute Gasteiger partial charge is 0.330 e. The van der Waals surface area contributed by atoms with E-state index in [9.17, 15) is 13.2 Å². The number of rotatable bonds is 2. The van der Waals surface area contributed by atoms with Gasteiger partial charge >= 0.3 is 6.18 Å². The summed E-state index contributed by atoms with van der Waals surface area (Å²) in [5.74, 6) is 0. The fourth-order valence-corrected chi connectivity index (χ4v) is 1.58. The zero-order valence-electron chi connectivity index (χ0n) is 7.82. The van der Waals surface area contributed by atoms with Gasteiger partial charge in [0.1, 0.15) is 6.33 Å². The Bertz CT molecular complexity index is 467. The Morgan fingerprint density at radius 1 is 1.25 bits per heavy atom. The van der Waals surface area contributed by atoms with Gasteiger partial charge in [-0.05, 0) is 18.2 Å². The van der Waals surface area contributed by atoms with Gasteiger partial charge in [0.2, 0.25) is 5.13 Å². The second-order valence-corrected chi connectivity index (χ2v) is 3.73. The zero-order valence-corrected chi connectivity index (χ0v) is 8.64. The van der Waals surface area contributed by atoms with Crippen LogP contribution in [0.5, 0.6) is 0 Å². The van der Waals surface area contributed by atoms with E-state index in [0.29, 0.717) is 10.8 Å². The van der Waals surface area contributed by atoms with E-state index in [1.165, 1.54) is 18.5 Å². The summed E-state index contributed by atoms with van der Waals surface area (Å²) >= 11 is 1.08. The highest BCUT2D eigenvalue weighted by molar-refractivity contribution is 7.09. The van der Waals surface area contributed by atoms with Crippen molar-refractivity contribution >= 4 is 22.4 Å². The summed E-state index contributed by atoms with van der Waals surface area (Å²) in [6.07, 6.45) is -3.00. The van der Waals surface area contributed by atoms with E-state index in [0.717, 1.165) is 23.7 Å². The first-order valence-corrected chi connectivity index (χ1v) is 5.04. The van der Waals surface area contributed by atoms with Crippen molar-refractivity contribution in [2.75, 3.05) is 5.32 Å². The molecule has 0 aliphatic rings. The van der Waals surface area contributed by atoms with Crippen LogP contribution in [0.25, 0.3) is 0 Å². The molecule has 0 aliphatic carbocycles. The second-order valence-electron chi connectivity index (χ2n) is 2.95. The molecule has 2 aromatic rings. The largest absolute Gasteiger partial charge is 0.416 e. The summed E-state index contributed by atoms with van der Waals surface area (Å²) < 4.78 is 40.9. The summed E-state index contributed by atoms with van der Waals surface area (Å²) in [4.78, 5) is 3.82. The molecule has 0 spiro atoms. The molecule has 0 bridgehead atoms. The molecule has 3 nitrogen and oxygen atoms in total. The number of aromatic nitrogens is 2. The van der Waals surface area contributed by atoms with Crippen LogP contribution in [0.1, 0.15) is 5.56 Å². The van der Waals surface area contributed by atoms with Crippen LogP contribution in [0.4, 0.5) is 24.0 Å². The predicted molar refractivity (Wildman–Crippen MR) is 54.6 cm³/mol. The molecule has 84 valence electrons. The lowest BCUT2D eigenvalue weighted by molar-refractivity contribution is -0.137. The number of hydrogen-bond donors (Lipinski definition) is 1. The number of nitrogens with zero attached hydrogens (tertiary/aromatic N) is 2. The third-order valence-electron chi connectivity index (χ3n) is 1.80. The lowest BCUT2D eigenvalue weighted by atomic mass is 10.2. The van der Waals surface area contributed by atoms with Gasteiger partial charge in [0.15, 0.2) is 0 Å². The topological polar surface area (TPSA) is 37.8 Å². The molecule has 7 heteroatoms. The molecule has 0 aliphatic heterocycles. The SMILES string of the molecule is FC(F)(F)c1cccc(Nc2ncns2)c1. The maximum Gasteiger partial charge on any atom is 0.416 e. The van der Waals surface area contributed by atoms with Gasteiger partial charge in [-0.1, -0.05) is 6.07 Å². The normalized spacial score (nSPS) is 11.4. The molecule has 1 aromatic heterocycles. The highest BCUT2D eigenvalue weighted by Gasteiger charge is 2.30. The molecule has 1 aromatic carbocycles. The zero-order chi connectivity index (χ0) is 11.6. The summed E-state index contributed by atoms with van der Waals surface area (Å²) in [5.41, 5.74) is -0.353. The first-order valence-electron chi connectivity index (χ1n) is 4.27. The molecule has 0 saturated heterocycles. The van der Waals surface area contributed by atoms with E-state index in [1.54, 1.807) is 0 Å². The number of alkyl halides is 3. The molecule has 0 fully saturated rings. The number of nitrogens with one attached hydrogen (secondary N) is 1. The van der Waals surface area contributed by atoms with Crippen molar-refractivity contribution in [3.63, 3.8) is 0 Å². The summed E-state index contributed by atoms with van der Waals surface area (Å²) in [5, 5.41) is 3.20. The molecule has 0 atom stereocenters. The Morgan fingerprint density at radius 3 is 2.69 bits per heavy atom. The van der Waals surface area contributed by atoms with Gasteiger partial charge in [0.25, 0.3) is 0 Å². The first kappa shape index (κ1) is 10.9. The summed E-state index contributed by atoms with van der Waals surface area (Å²) in [6.45, 7) is 0. The van der Waals surface area contributed by atoms with Crippen molar-refractivity contribution in [1.82, 2.24) is 9.36 Å². The Balaban J connectivity index is 2.23. The van der Waals surface area contributed by atoms with Crippen LogP contribution in [0.2, 0.25) is 0 Å². The van der Waals surface area contributed by atoms with Crippen molar-refractivity contribution in [2.45, 2.75) is 6.18 Å². The highest BCUT2D eigenvalue weighted by Crippen LogP contribution is 2.31. The minimum absolute atomic E-state index is 0.339. The average molecular weight is 245 g/mol. The van der Waals surface area contributed by atoms with Gasteiger partial charge in [-0.25, -0.2) is 4.98 Å². The van der Waals surface area contributed by atoms with E-state index in [2.05, 4.69) is 14.7 Å². The Labute approximate surface area is 93.1 Å². The van der Waals surface area contributed by atoms with Crippen LogP contribution in [0.3, 0.4) is 0 Å². The lowest BCUT2D eigenvalue weighted by Crippen LogP contribution is -2.05.